The molecule has 2 aromatic carbocycles. The van der Waals surface area contributed by atoms with Crippen LogP contribution in [0.15, 0.2) is 36.5 Å². The van der Waals surface area contributed by atoms with Crippen LogP contribution >= 0.6 is 0 Å². The lowest BCUT2D eigenvalue weighted by atomic mass is 9.95. The zero-order valence-corrected chi connectivity index (χ0v) is 22.3. The summed E-state index contributed by atoms with van der Waals surface area (Å²) in [6, 6.07) is 7.76. The second-order valence-electron chi connectivity index (χ2n) is 11.9. The number of fused-ring (bicyclic) bond motifs is 5. The molecule has 0 amide bonds. The van der Waals surface area contributed by atoms with Crippen LogP contribution in [-0.4, -0.2) is 81.5 Å². The first-order valence-corrected chi connectivity index (χ1v) is 14.2. The van der Waals surface area contributed by atoms with Crippen molar-refractivity contribution in [3.8, 4) is 23.0 Å². The van der Waals surface area contributed by atoms with E-state index in [2.05, 4.69) is 25.1 Å². The molecule has 212 valence electrons. The fourth-order valence-corrected chi connectivity index (χ4v) is 7.51. The van der Waals surface area contributed by atoms with Gasteiger partial charge in [0.05, 0.1) is 10.9 Å². The smallest absolute Gasteiger partial charge is 0.319 e. The van der Waals surface area contributed by atoms with E-state index in [1.807, 2.05) is 0 Å². The first kappa shape index (κ1) is 25.0. The van der Waals surface area contributed by atoms with Crippen LogP contribution in [-0.2, 0) is 0 Å². The zero-order chi connectivity index (χ0) is 27.9. The number of pyridine rings is 1. The third-order valence-corrected chi connectivity index (χ3v) is 9.37. The van der Waals surface area contributed by atoms with Crippen molar-refractivity contribution in [1.82, 2.24) is 25.2 Å². The van der Waals surface area contributed by atoms with E-state index in [9.17, 15) is 13.9 Å². The normalized spacial score (nSPS) is 27.4. The van der Waals surface area contributed by atoms with Crippen molar-refractivity contribution in [2.45, 2.75) is 49.5 Å². The molecule has 8 nitrogen and oxygen atoms in total. The first-order chi connectivity index (χ1) is 19.9. The summed E-state index contributed by atoms with van der Waals surface area (Å²) in [6.45, 7) is 2.95. The van der Waals surface area contributed by atoms with Crippen LogP contribution in [0.2, 0.25) is 0 Å². The Kier molecular flexibility index (Phi) is 5.59. The van der Waals surface area contributed by atoms with Crippen LogP contribution in [0.5, 0.6) is 11.8 Å². The number of hydrogen-bond donors (Lipinski definition) is 2. The van der Waals surface area contributed by atoms with Gasteiger partial charge >= 0.3 is 6.01 Å². The molecule has 4 aromatic rings. The van der Waals surface area contributed by atoms with Crippen molar-refractivity contribution in [3.05, 3.63) is 48.2 Å². The predicted octanol–water partition coefficient (Wildman–Crippen LogP) is 4.33. The highest BCUT2D eigenvalue weighted by atomic mass is 19.1. The van der Waals surface area contributed by atoms with Crippen LogP contribution in [0.1, 0.15) is 25.7 Å². The average Bonchev–Trinajstić information content (AvgIpc) is 3.73. The number of phenolic OH excluding ortho intramolecular Hbond substituents is 1. The number of rotatable bonds is 5. The lowest BCUT2D eigenvalue weighted by molar-refractivity contribution is 0.107. The molecule has 8 rings (SSSR count). The highest BCUT2D eigenvalue weighted by Gasteiger charge is 2.49. The molecule has 0 aliphatic carbocycles. The van der Waals surface area contributed by atoms with E-state index >= 15 is 4.39 Å². The standard InChI is InChI=1S/C30H29F3N6O2/c31-17-10-30(5-2-6-38(30)13-17)15-41-29-36-27-22(28(37-29)39-14-18-8-19(39)11-34-18)12-35-26(25(27)33)21-9-20(40)7-16-3-1-4-23(32)24(16)21/h1,3-4,7,9,12,17-19,34,40H,2,5-6,8,10-11,13-15H2/t17-,18?,19?,30+/m1/s1. The summed E-state index contributed by atoms with van der Waals surface area (Å²) >= 11 is 0. The van der Waals surface area contributed by atoms with Crippen molar-refractivity contribution in [2.75, 3.05) is 37.7 Å². The van der Waals surface area contributed by atoms with Gasteiger partial charge in [-0.15, -0.1) is 0 Å². The second-order valence-corrected chi connectivity index (χ2v) is 11.9. The van der Waals surface area contributed by atoms with E-state index in [1.165, 1.54) is 30.5 Å². The number of benzene rings is 2. The number of phenols is 1. The zero-order valence-electron chi connectivity index (χ0n) is 22.3. The molecule has 4 saturated heterocycles. The van der Waals surface area contributed by atoms with Crippen molar-refractivity contribution in [2.24, 2.45) is 0 Å². The fraction of sp³-hybridized carbons (Fsp3) is 0.433. The molecule has 0 saturated carbocycles. The number of alkyl halides is 1. The summed E-state index contributed by atoms with van der Waals surface area (Å²) in [7, 11) is 0. The molecule has 0 spiro atoms. The molecule has 2 bridgehead atoms. The quantitative estimate of drug-likeness (QED) is 0.372. The maximum atomic E-state index is 16.5. The Bertz CT molecular complexity index is 1700. The van der Waals surface area contributed by atoms with Crippen molar-refractivity contribution >= 4 is 27.5 Å². The van der Waals surface area contributed by atoms with Gasteiger partial charge in [-0.3, -0.25) is 9.88 Å². The molecule has 2 aromatic heterocycles. The summed E-state index contributed by atoms with van der Waals surface area (Å²) in [4.78, 5) is 18.0. The Balaban J connectivity index is 1.26. The monoisotopic (exact) mass is 562 g/mol. The van der Waals surface area contributed by atoms with Crippen LogP contribution in [0.25, 0.3) is 32.9 Å². The summed E-state index contributed by atoms with van der Waals surface area (Å²) in [6.07, 6.45) is 3.78. The summed E-state index contributed by atoms with van der Waals surface area (Å²) in [5, 5.41) is 14.9. The lowest BCUT2D eigenvalue weighted by Gasteiger charge is -2.32. The summed E-state index contributed by atoms with van der Waals surface area (Å²) in [5.41, 5.74) is -0.395. The van der Waals surface area contributed by atoms with Crippen molar-refractivity contribution in [1.29, 1.82) is 0 Å². The molecule has 4 aliphatic heterocycles. The number of aromatic nitrogens is 3. The van der Waals surface area contributed by atoms with Gasteiger partial charge in [0.1, 0.15) is 41.4 Å². The minimum absolute atomic E-state index is 0.00846. The van der Waals surface area contributed by atoms with Gasteiger partial charge in [-0.1, -0.05) is 12.1 Å². The highest BCUT2D eigenvalue weighted by Crippen LogP contribution is 2.42. The molecule has 4 fully saturated rings. The second kappa shape index (κ2) is 9.15. The van der Waals surface area contributed by atoms with E-state index in [4.69, 9.17) is 9.72 Å². The number of halogens is 3. The molecule has 4 aliphatic rings. The molecule has 4 atom stereocenters. The van der Waals surface area contributed by atoms with E-state index < -0.39 is 23.3 Å². The van der Waals surface area contributed by atoms with E-state index in [-0.39, 0.29) is 46.6 Å². The average molecular weight is 563 g/mol. The van der Waals surface area contributed by atoms with Crippen LogP contribution in [0.3, 0.4) is 0 Å². The number of anilines is 1. The Morgan fingerprint density at radius 1 is 1.17 bits per heavy atom. The van der Waals surface area contributed by atoms with Crippen molar-refractivity contribution < 1.29 is 23.0 Å². The SMILES string of the molecule is Oc1cc(-c2ncc3c(N4CC5CC4CN5)nc(OC[C@@]45CCCN4C[C@H](F)C5)nc3c2F)c2c(F)cccc2c1. The van der Waals surface area contributed by atoms with Gasteiger partial charge < -0.3 is 20.1 Å². The van der Waals surface area contributed by atoms with Crippen LogP contribution in [0, 0.1) is 11.6 Å². The van der Waals surface area contributed by atoms with E-state index in [0.29, 0.717) is 42.1 Å². The van der Waals surface area contributed by atoms with E-state index in [1.54, 1.807) is 6.07 Å². The third kappa shape index (κ3) is 3.93. The Hall–Kier alpha value is -3.70. The molecular weight excluding hydrogens is 533 g/mol. The minimum Gasteiger partial charge on any atom is -0.508 e. The minimum atomic E-state index is -0.900. The van der Waals surface area contributed by atoms with Gasteiger partial charge in [-0.2, -0.15) is 9.97 Å². The van der Waals surface area contributed by atoms with Crippen LogP contribution in [0.4, 0.5) is 19.0 Å². The van der Waals surface area contributed by atoms with E-state index in [0.717, 1.165) is 32.4 Å². The number of ether oxygens (including phenoxy) is 1. The predicted molar refractivity (Wildman–Crippen MR) is 148 cm³/mol. The lowest BCUT2D eigenvalue weighted by Crippen LogP contribution is -2.44. The number of nitrogens with zero attached hydrogens (tertiary/aromatic N) is 5. The van der Waals surface area contributed by atoms with Gasteiger partial charge in [0, 0.05) is 55.3 Å². The first-order valence-electron chi connectivity index (χ1n) is 14.2. The maximum absolute atomic E-state index is 16.5. The van der Waals surface area contributed by atoms with Gasteiger partial charge in [-0.25, -0.2) is 13.2 Å². The molecule has 2 unspecified atom stereocenters. The van der Waals surface area contributed by atoms with Gasteiger partial charge in [0.2, 0.25) is 0 Å². The van der Waals surface area contributed by atoms with Crippen molar-refractivity contribution in [3.63, 3.8) is 0 Å². The summed E-state index contributed by atoms with van der Waals surface area (Å²) < 4.78 is 52.0. The Morgan fingerprint density at radius 2 is 2.07 bits per heavy atom. The Labute approximate surface area is 234 Å². The molecule has 0 radical (unpaired) electrons. The number of nitrogens with one attached hydrogen (secondary N) is 1. The number of aromatic hydroxyl groups is 1. The highest BCUT2D eigenvalue weighted by molar-refractivity contribution is 6.00. The molecule has 41 heavy (non-hydrogen) atoms. The fourth-order valence-electron chi connectivity index (χ4n) is 7.51. The number of hydrogen-bond acceptors (Lipinski definition) is 8. The van der Waals surface area contributed by atoms with Crippen LogP contribution < -0.4 is 15.0 Å². The molecule has 6 heterocycles. The molecular formula is C30H29F3N6O2. The Morgan fingerprint density at radius 3 is 2.90 bits per heavy atom. The number of piperazine rings is 1. The largest absolute Gasteiger partial charge is 0.508 e. The van der Waals surface area contributed by atoms with Gasteiger partial charge in [-0.05, 0) is 49.4 Å². The maximum Gasteiger partial charge on any atom is 0.319 e. The molecule has 2 N–H and O–H groups in total. The third-order valence-electron chi connectivity index (χ3n) is 9.37. The van der Waals surface area contributed by atoms with Gasteiger partial charge in [0.15, 0.2) is 5.82 Å². The topological polar surface area (TPSA) is 86.6 Å². The molecule has 11 heteroatoms. The van der Waals surface area contributed by atoms with Gasteiger partial charge in [0.25, 0.3) is 0 Å². The summed E-state index contributed by atoms with van der Waals surface area (Å²) in [5.74, 6) is -0.885.